The van der Waals surface area contributed by atoms with Crippen molar-refractivity contribution in [3.05, 3.63) is 41.3 Å². The second kappa shape index (κ2) is 4.51. The van der Waals surface area contributed by atoms with Gasteiger partial charge in [0, 0.05) is 18.0 Å². The molecular weight excluding hydrogens is 266 g/mol. The number of hydrazone groups is 1. The number of aromatic nitrogens is 3. The van der Waals surface area contributed by atoms with E-state index < -0.39 is 5.41 Å². The highest BCUT2D eigenvalue weighted by molar-refractivity contribution is 6.48. The molecule has 1 aliphatic rings. The van der Waals surface area contributed by atoms with Crippen LogP contribution in [0.15, 0.2) is 29.5 Å². The Hall–Kier alpha value is -2.50. The lowest BCUT2D eigenvalue weighted by Crippen LogP contribution is -2.40. The summed E-state index contributed by atoms with van der Waals surface area (Å²) >= 11 is 0. The largest absolute Gasteiger partial charge is 0.323 e. The summed E-state index contributed by atoms with van der Waals surface area (Å²) < 4.78 is 1.75. The Balaban J connectivity index is 2.24. The third-order valence-electron chi connectivity index (χ3n) is 3.84. The molecule has 6 heteroatoms. The van der Waals surface area contributed by atoms with Gasteiger partial charge in [-0.05, 0) is 19.1 Å². The first kappa shape index (κ1) is 13.5. The molecule has 0 fully saturated rings. The lowest BCUT2D eigenvalue weighted by Gasteiger charge is -2.30. The van der Waals surface area contributed by atoms with Crippen LogP contribution in [0.3, 0.4) is 0 Å². The number of fused-ring (bicyclic) bond motifs is 1. The lowest BCUT2D eigenvalue weighted by molar-refractivity contribution is 0.104. The van der Waals surface area contributed by atoms with Gasteiger partial charge in [0.2, 0.25) is 5.78 Å². The van der Waals surface area contributed by atoms with Crippen LogP contribution in [0.4, 0.5) is 0 Å². The van der Waals surface area contributed by atoms with Crippen LogP contribution < -0.4 is 5.84 Å². The van der Waals surface area contributed by atoms with Gasteiger partial charge in [0.25, 0.3) is 0 Å². The van der Waals surface area contributed by atoms with E-state index in [0.717, 1.165) is 5.69 Å². The molecule has 2 heterocycles. The number of rotatable bonds is 1. The average Bonchev–Trinajstić information content (AvgIpc) is 2.76. The van der Waals surface area contributed by atoms with Gasteiger partial charge in [-0.25, -0.2) is 9.67 Å². The molecule has 0 saturated heterocycles. The van der Waals surface area contributed by atoms with Crippen LogP contribution in [0.1, 0.15) is 35.6 Å². The van der Waals surface area contributed by atoms with Gasteiger partial charge in [-0.1, -0.05) is 19.9 Å². The van der Waals surface area contributed by atoms with E-state index in [-0.39, 0.29) is 5.78 Å². The maximum absolute atomic E-state index is 12.6. The van der Waals surface area contributed by atoms with Crippen molar-refractivity contribution in [1.29, 1.82) is 0 Å². The second-order valence-electron chi connectivity index (χ2n) is 5.87. The van der Waals surface area contributed by atoms with Gasteiger partial charge < -0.3 is 5.84 Å². The first-order chi connectivity index (χ1) is 9.95. The SMILES string of the molecule is Cc1nn(-c2ccccn2)c2c1C(=O)C(=NN)C(C)(C)C2. The summed E-state index contributed by atoms with van der Waals surface area (Å²) in [7, 11) is 0. The standard InChI is InChI=1S/C15H17N5O/c1-9-12-10(8-15(2,3)14(18-16)13(12)21)20(19-9)11-6-4-5-7-17-11/h4-7H,8,16H2,1-3H3. The van der Waals surface area contributed by atoms with E-state index in [1.54, 1.807) is 10.9 Å². The normalized spacial score (nSPS) is 18.8. The topological polar surface area (TPSA) is 86.2 Å². The van der Waals surface area contributed by atoms with E-state index in [1.165, 1.54) is 0 Å². The van der Waals surface area contributed by atoms with Crippen molar-refractivity contribution in [3.63, 3.8) is 0 Å². The van der Waals surface area contributed by atoms with Crippen LogP contribution in [-0.2, 0) is 6.42 Å². The molecule has 0 unspecified atom stereocenters. The van der Waals surface area contributed by atoms with Crippen molar-refractivity contribution >= 4 is 11.5 Å². The van der Waals surface area contributed by atoms with Crippen molar-refractivity contribution in [2.75, 3.05) is 0 Å². The smallest absolute Gasteiger partial charge is 0.213 e. The summed E-state index contributed by atoms with van der Waals surface area (Å²) in [5, 5.41) is 8.20. The molecule has 0 radical (unpaired) electrons. The van der Waals surface area contributed by atoms with E-state index in [9.17, 15) is 4.79 Å². The molecule has 21 heavy (non-hydrogen) atoms. The fourth-order valence-corrected chi connectivity index (χ4v) is 2.86. The molecule has 3 rings (SSSR count). The summed E-state index contributed by atoms with van der Waals surface area (Å²) in [4.78, 5) is 17.0. The molecule has 2 aromatic rings. The van der Waals surface area contributed by atoms with Gasteiger partial charge in [0.15, 0.2) is 5.82 Å². The molecule has 0 saturated carbocycles. The van der Waals surface area contributed by atoms with E-state index in [1.807, 2.05) is 39.0 Å². The van der Waals surface area contributed by atoms with Crippen LogP contribution in [0.5, 0.6) is 0 Å². The zero-order valence-electron chi connectivity index (χ0n) is 12.3. The summed E-state index contributed by atoms with van der Waals surface area (Å²) in [5.74, 6) is 5.99. The number of carbonyl (C=O) groups is 1. The lowest BCUT2D eigenvalue weighted by atomic mass is 9.74. The second-order valence-corrected chi connectivity index (χ2v) is 5.87. The predicted molar refractivity (Wildman–Crippen MR) is 79.5 cm³/mol. The molecule has 0 amide bonds. The Bertz CT molecular complexity index is 743. The zero-order valence-corrected chi connectivity index (χ0v) is 12.3. The number of hydrogen-bond acceptors (Lipinski definition) is 5. The van der Waals surface area contributed by atoms with Crippen LogP contribution in [0, 0.1) is 12.3 Å². The molecule has 0 bridgehead atoms. The molecule has 2 aromatic heterocycles. The number of aryl methyl sites for hydroxylation is 1. The van der Waals surface area contributed by atoms with Crippen molar-refractivity contribution in [2.45, 2.75) is 27.2 Å². The minimum atomic E-state index is -0.419. The molecule has 0 spiro atoms. The third-order valence-corrected chi connectivity index (χ3v) is 3.84. The molecule has 108 valence electrons. The number of hydrogen-bond donors (Lipinski definition) is 1. The monoisotopic (exact) mass is 283 g/mol. The highest BCUT2D eigenvalue weighted by Crippen LogP contribution is 2.35. The van der Waals surface area contributed by atoms with E-state index >= 15 is 0 Å². The molecule has 0 aromatic carbocycles. The number of ketones is 1. The minimum Gasteiger partial charge on any atom is -0.323 e. The summed E-state index contributed by atoms with van der Waals surface area (Å²) in [6.45, 7) is 5.75. The first-order valence-electron chi connectivity index (χ1n) is 6.78. The Labute approximate surface area is 122 Å². The fourth-order valence-electron chi connectivity index (χ4n) is 2.86. The minimum absolute atomic E-state index is 0.136. The van der Waals surface area contributed by atoms with E-state index in [4.69, 9.17) is 5.84 Å². The molecule has 0 aliphatic heterocycles. The molecular formula is C15H17N5O. The quantitative estimate of drug-likeness (QED) is 0.637. The molecule has 1 aliphatic carbocycles. The maximum Gasteiger partial charge on any atom is 0.213 e. The number of pyridine rings is 1. The number of Topliss-reactive ketones (excluding diaryl/α,β-unsaturated/α-hetero) is 1. The van der Waals surface area contributed by atoms with Crippen molar-refractivity contribution in [3.8, 4) is 5.82 Å². The number of carbonyl (C=O) groups excluding carboxylic acids is 1. The van der Waals surface area contributed by atoms with Gasteiger partial charge in [0.05, 0.1) is 17.0 Å². The van der Waals surface area contributed by atoms with Crippen LogP contribution in [-0.4, -0.2) is 26.3 Å². The predicted octanol–water partition coefficient (Wildman–Crippen LogP) is 1.66. The Morgan fingerprint density at radius 1 is 1.38 bits per heavy atom. The Morgan fingerprint density at radius 3 is 2.76 bits per heavy atom. The van der Waals surface area contributed by atoms with E-state index in [2.05, 4.69) is 15.2 Å². The third kappa shape index (κ3) is 1.94. The van der Waals surface area contributed by atoms with Gasteiger partial charge in [0.1, 0.15) is 5.71 Å². The fraction of sp³-hybridized carbons (Fsp3) is 0.333. The summed E-state index contributed by atoms with van der Waals surface area (Å²) in [5.41, 5.74) is 2.13. The van der Waals surface area contributed by atoms with Gasteiger partial charge in [-0.3, -0.25) is 4.79 Å². The zero-order chi connectivity index (χ0) is 15.2. The van der Waals surface area contributed by atoms with Crippen LogP contribution in [0.2, 0.25) is 0 Å². The highest BCUT2D eigenvalue weighted by Gasteiger charge is 2.41. The van der Waals surface area contributed by atoms with Crippen molar-refractivity contribution in [1.82, 2.24) is 14.8 Å². The maximum atomic E-state index is 12.6. The van der Waals surface area contributed by atoms with Crippen LogP contribution in [0.25, 0.3) is 5.82 Å². The highest BCUT2D eigenvalue weighted by atomic mass is 16.1. The number of nitrogens with two attached hydrogens (primary N) is 1. The van der Waals surface area contributed by atoms with Gasteiger partial charge in [-0.15, -0.1) is 0 Å². The molecule has 6 nitrogen and oxygen atoms in total. The van der Waals surface area contributed by atoms with E-state index in [0.29, 0.717) is 29.2 Å². The van der Waals surface area contributed by atoms with Crippen LogP contribution >= 0.6 is 0 Å². The first-order valence-corrected chi connectivity index (χ1v) is 6.78. The van der Waals surface area contributed by atoms with Crippen molar-refractivity contribution in [2.24, 2.45) is 16.4 Å². The summed E-state index contributed by atoms with van der Waals surface area (Å²) in [6.07, 6.45) is 2.35. The molecule has 2 N–H and O–H groups in total. The Morgan fingerprint density at radius 2 is 2.14 bits per heavy atom. The summed E-state index contributed by atoms with van der Waals surface area (Å²) in [6, 6.07) is 5.62. The Kier molecular flexibility index (Phi) is 2.90. The van der Waals surface area contributed by atoms with Gasteiger partial charge >= 0.3 is 0 Å². The van der Waals surface area contributed by atoms with Crippen molar-refractivity contribution < 1.29 is 4.79 Å². The van der Waals surface area contributed by atoms with Gasteiger partial charge in [-0.2, -0.15) is 10.2 Å². The average molecular weight is 283 g/mol. The molecule has 0 atom stereocenters. The number of nitrogens with zero attached hydrogens (tertiary/aromatic N) is 4.